The van der Waals surface area contributed by atoms with Crippen LogP contribution in [-0.2, 0) is 19.9 Å². The second-order valence-electron chi connectivity index (χ2n) is 5.06. The van der Waals surface area contributed by atoms with Crippen LogP contribution in [0.1, 0.15) is 23.0 Å². The van der Waals surface area contributed by atoms with Gasteiger partial charge in [-0.25, -0.2) is 26.4 Å². The molecule has 0 aliphatic carbocycles. The van der Waals surface area contributed by atoms with Gasteiger partial charge in [-0.1, -0.05) is 0 Å². The molecule has 0 radical (unpaired) electrons. The number of sulfone groups is 1. The summed E-state index contributed by atoms with van der Waals surface area (Å²) in [6, 6.07) is 1.05. The van der Waals surface area contributed by atoms with E-state index in [-0.39, 0.29) is 31.5 Å². The van der Waals surface area contributed by atoms with Crippen LogP contribution in [0.4, 0.5) is 0 Å². The number of carbonyl (C=O) groups is 1. The third-order valence-electron chi connectivity index (χ3n) is 3.04. The minimum absolute atomic E-state index is 0.0722. The second kappa shape index (κ2) is 5.30. The van der Waals surface area contributed by atoms with Crippen LogP contribution in [0.3, 0.4) is 0 Å². The molecule has 1 unspecified atom stereocenters. The SMILES string of the molecule is CC1(NS(=O)(=O)c2cc(C(=O)O)sc2Br)CCS(=O)(=O)C1. The number of carboxylic acids is 1. The normalized spacial score (nSPS) is 25.0. The van der Waals surface area contributed by atoms with Crippen LogP contribution in [-0.4, -0.2) is 45.0 Å². The number of sulfonamides is 1. The minimum Gasteiger partial charge on any atom is -0.477 e. The third-order valence-corrected chi connectivity index (χ3v) is 8.82. The second-order valence-corrected chi connectivity index (χ2v) is 11.3. The Bertz CT molecular complexity index is 797. The summed E-state index contributed by atoms with van der Waals surface area (Å²) in [7, 11) is -7.27. The molecule has 1 aromatic heterocycles. The Labute approximate surface area is 134 Å². The number of hydrogen-bond acceptors (Lipinski definition) is 6. The molecule has 2 N–H and O–H groups in total. The first-order valence-electron chi connectivity index (χ1n) is 5.71. The molecule has 2 heterocycles. The number of nitrogens with one attached hydrogen (secondary N) is 1. The topological polar surface area (TPSA) is 118 Å². The van der Waals surface area contributed by atoms with Gasteiger partial charge < -0.3 is 5.11 Å². The maximum absolute atomic E-state index is 12.3. The van der Waals surface area contributed by atoms with Gasteiger partial charge in [0.15, 0.2) is 9.84 Å². The molecule has 118 valence electrons. The lowest BCUT2D eigenvalue weighted by atomic mass is 10.0. The van der Waals surface area contributed by atoms with E-state index < -0.39 is 31.4 Å². The van der Waals surface area contributed by atoms with Crippen LogP contribution in [0.15, 0.2) is 14.7 Å². The van der Waals surface area contributed by atoms with Crippen molar-refractivity contribution in [1.29, 1.82) is 0 Å². The smallest absolute Gasteiger partial charge is 0.345 e. The van der Waals surface area contributed by atoms with E-state index in [0.717, 1.165) is 17.4 Å². The Balaban J connectivity index is 2.33. The maximum Gasteiger partial charge on any atom is 0.345 e. The maximum atomic E-state index is 12.3. The van der Waals surface area contributed by atoms with Crippen molar-refractivity contribution in [3.05, 3.63) is 14.7 Å². The highest BCUT2D eigenvalue weighted by atomic mass is 79.9. The van der Waals surface area contributed by atoms with E-state index in [1.165, 1.54) is 6.92 Å². The Morgan fingerprint density at radius 1 is 1.52 bits per heavy atom. The van der Waals surface area contributed by atoms with E-state index in [1.807, 2.05) is 0 Å². The van der Waals surface area contributed by atoms with Crippen molar-refractivity contribution >= 4 is 53.1 Å². The van der Waals surface area contributed by atoms with Gasteiger partial charge in [-0.3, -0.25) is 0 Å². The van der Waals surface area contributed by atoms with Crippen molar-refractivity contribution in [3.63, 3.8) is 0 Å². The van der Waals surface area contributed by atoms with Gasteiger partial charge in [0.25, 0.3) is 0 Å². The van der Waals surface area contributed by atoms with Crippen LogP contribution in [0.2, 0.25) is 0 Å². The highest BCUT2D eigenvalue weighted by Crippen LogP contribution is 2.33. The van der Waals surface area contributed by atoms with E-state index in [4.69, 9.17) is 5.11 Å². The molecule has 0 bridgehead atoms. The number of aromatic carboxylic acids is 1. The standard InChI is InChI=1S/C10H12BrNO6S3/c1-10(2-3-20(15,16)5-10)12-21(17,18)7-4-6(9(13)14)19-8(7)11/h4,12H,2-3,5H2,1H3,(H,13,14). The number of halogens is 1. The van der Waals surface area contributed by atoms with Crippen LogP contribution >= 0.6 is 27.3 Å². The summed E-state index contributed by atoms with van der Waals surface area (Å²) < 4.78 is 50.2. The summed E-state index contributed by atoms with van der Waals surface area (Å²) in [6.45, 7) is 1.52. The largest absolute Gasteiger partial charge is 0.477 e. The number of carboxylic acid groups (broad SMARTS) is 1. The van der Waals surface area contributed by atoms with Crippen molar-refractivity contribution in [2.24, 2.45) is 0 Å². The molecule has 1 fully saturated rings. The highest BCUT2D eigenvalue weighted by molar-refractivity contribution is 9.11. The fourth-order valence-corrected chi connectivity index (χ4v) is 8.14. The van der Waals surface area contributed by atoms with Crippen LogP contribution in [0.25, 0.3) is 0 Å². The van der Waals surface area contributed by atoms with Crippen LogP contribution in [0, 0.1) is 0 Å². The van der Waals surface area contributed by atoms with Gasteiger partial charge >= 0.3 is 5.97 Å². The van der Waals surface area contributed by atoms with E-state index >= 15 is 0 Å². The zero-order valence-electron chi connectivity index (χ0n) is 10.8. The molecule has 0 aromatic carbocycles. The van der Waals surface area contributed by atoms with Gasteiger partial charge in [0.1, 0.15) is 9.77 Å². The molecule has 11 heteroatoms. The zero-order chi connectivity index (χ0) is 16.1. The first-order chi connectivity index (χ1) is 9.44. The average molecular weight is 418 g/mol. The van der Waals surface area contributed by atoms with Gasteiger partial charge in [0.05, 0.1) is 15.3 Å². The molecular formula is C10H12BrNO6S3. The molecule has 1 aliphatic rings. The van der Waals surface area contributed by atoms with E-state index in [2.05, 4.69) is 20.7 Å². The molecule has 7 nitrogen and oxygen atoms in total. The van der Waals surface area contributed by atoms with Gasteiger partial charge in [-0.05, 0) is 35.3 Å². The molecule has 0 amide bonds. The molecule has 0 spiro atoms. The molecule has 21 heavy (non-hydrogen) atoms. The molecule has 2 rings (SSSR count). The van der Waals surface area contributed by atoms with Crippen LogP contribution in [0.5, 0.6) is 0 Å². The summed E-state index contributed by atoms with van der Waals surface area (Å²) >= 11 is 3.81. The lowest BCUT2D eigenvalue weighted by molar-refractivity contribution is 0.0702. The minimum atomic E-state index is -4.01. The number of hydrogen-bond donors (Lipinski definition) is 2. The summed E-state index contributed by atoms with van der Waals surface area (Å²) in [5.41, 5.74) is -1.08. The first kappa shape index (κ1) is 16.9. The van der Waals surface area contributed by atoms with Crippen molar-refractivity contribution in [1.82, 2.24) is 4.72 Å². The summed E-state index contributed by atoms with van der Waals surface area (Å²) in [5, 5.41) is 8.89. The molecule has 0 saturated carbocycles. The molecule has 1 aromatic rings. The Kier molecular flexibility index (Phi) is 4.26. The summed E-state index contributed by atoms with van der Waals surface area (Å²) in [6.07, 6.45) is 0.183. The van der Waals surface area contributed by atoms with Gasteiger partial charge in [-0.2, -0.15) is 0 Å². The predicted molar refractivity (Wildman–Crippen MR) is 81.0 cm³/mol. The van der Waals surface area contributed by atoms with E-state index in [9.17, 15) is 21.6 Å². The Morgan fingerprint density at radius 2 is 2.14 bits per heavy atom. The fourth-order valence-electron chi connectivity index (χ4n) is 2.11. The van der Waals surface area contributed by atoms with Crippen molar-refractivity contribution in [2.75, 3.05) is 11.5 Å². The summed E-state index contributed by atoms with van der Waals surface area (Å²) in [4.78, 5) is 10.6. The molecule has 1 atom stereocenters. The van der Waals surface area contributed by atoms with Gasteiger partial charge in [-0.15, -0.1) is 11.3 Å². The predicted octanol–water partition coefficient (Wildman–Crippen LogP) is 1.06. The van der Waals surface area contributed by atoms with Gasteiger partial charge in [0.2, 0.25) is 10.0 Å². The summed E-state index contributed by atoms with van der Waals surface area (Å²) in [5.74, 6) is -1.57. The Morgan fingerprint density at radius 3 is 2.57 bits per heavy atom. The van der Waals surface area contributed by atoms with E-state index in [1.54, 1.807) is 0 Å². The molecular weight excluding hydrogens is 406 g/mol. The van der Waals surface area contributed by atoms with Crippen molar-refractivity contribution in [3.8, 4) is 0 Å². The average Bonchev–Trinajstić information content (AvgIpc) is 2.79. The zero-order valence-corrected chi connectivity index (χ0v) is 14.8. The Hall–Kier alpha value is -0.490. The van der Waals surface area contributed by atoms with Crippen molar-refractivity contribution in [2.45, 2.75) is 23.8 Å². The lowest BCUT2D eigenvalue weighted by Gasteiger charge is -2.23. The fraction of sp³-hybridized carbons (Fsp3) is 0.500. The van der Waals surface area contributed by atoms with E-state index in [0.29, 0.717) is 0 Å². The lowest BCUT2D eigenvalue weighted by Crippen LogP contribution is -2.46. The highest BCUT2D eigenvalue weighted by Gasteiger charge is 2.42. The number of thiophene rings is 1. The first-order valence-corrected chi connectivity index (χ1v) is 10.6. The molecule has 1 saturated heterocycles. The van der Waals surface area contributed by atoms with Gasteiger partial charge in [0, 0.05) is 5.54 Å². The van der Waals surface area contributed by atoms with Crippen molar-refractivity contribution < 1.29 is 26.7 Å². The monoisotopic (exact) mass is 417 g/mol. The molecule has 1 aliphatic heterocycles. The third kappa shape index (κ3) is 3.65. The number of rotatable bonds is 4. The van der Waals surface area contributed by atoms with Crippen LogP contribution < -0.4 is 4.72 Å². The quantitative estimate of drug-likeness (QED) is 0.755.